The van der Waals surface area contributed by atoms with Gasteiger partial charge in [0, 0.05) is 31.0 Å². The van der Waals surface area contributed by atoms with Crippen LogP contribution in [0.1, 0.15) is 44.6 Å². The van der Waals surface area contributed by atoms with Gasteiger partial charge in [0.15, 0.2) is 11.5 Å². The fourth-order valence-corrected chi connectivity index (χ4v) is 4.96. The standard InChI is InChI=1S/C22H31NO3/c1-5-22(24)15-16(2)23(19-9-7-6-8-18(19)22)13-12-17-10-11-20(25-3)21(14-17)26-4/h1,10-11,14,16,18-19,24H,6-9,12-13,15H2,2-4H3. The minimum absolute atomic E-state index is 0.197. The van der Waals surface area contributed by atoms with Crippen LogP contribution in [-0.4, -0.2) is 48.5 Å². The third-order valence-corrected chi connectivity index (χ3v) is 6.30. The highest BCUT2D eigenvalue weighted by molar-refractivity contribution is 5.43. The summed E-state index contributed by atoms with van der Waals surface area (Å²) in [5.41, 5.74) is 0.296. The van der Waals surface area contributed by atoms with Crippen molar-refractivity contribution in [2.45, 2.75) is 63.1 Å². The molecular formula is C22H31NO3. The summed E-state index contributed by atoms with van der Waals surface area (Å²) in [6, 6.07) is 6.80. The lowest BCUT2D eigenvalue weighted by Gasteiger charge is -2.53. The average Bonchev–Trinajstić information content (AvgIpc) is 2.67. The van der Waals surface area contributed by atoms with Crippen molar-refractivity contribution in [3.05, 3.63) is 23.8 Å². The fourth-order valence-electron chi connectivity index (χ4n) is 4.96. The number of likely N-dealkylation sites (tertiary alicyclic amines) is 1. The lowest BCUT2D eigenvalue weighted by atomic mass is 9.67. The Morgan fingerprint density at radius 2 is 1.96 bits per heavy atom. The summed E-state index contributed by atoms with van der Waals surface area (Å²) in [4.78, 5) is 2.58. The molecule has 4 atom stereocenters. The molecule has 26 heavy (non-hydrogen) atoms. The van der Waals surface area contributed by atoms with Gasteiger partial charge in [0.1, 0.15) is 5.60 Å². The highest BCUT2D eigenvalue weighted by atomic mass is 16.5. The topological polar surface area (TPSA) is 41.9 Å². The molecule has 1 saturated heterocycles. The molecule has 3 rings (SSSR count). The second kappa shape index (κ2) is 7.90. The van der Waals surface area contributed by atoms with Gasteiger partial charge in [-0.15, -0.1) is 6.42 Å². The molecule has 1 aromatic carbocycles. The van der Waals surface area contributed by atoms with Crippen LogP contribution in [0, 0.1) is 18.3 Å². The highest BCUT2D eigenvalue weighted by Gasteiger charge is 2.49. The van der Waals surface area contributed by atoms with Gasteiger partial charge in [-0.2, -0.15) is 0 Å². The molecule has 1 aliphatic carbocycles. The summed E-state index contributed by atoms with van der Waals surface area (Å²) in [7, 11) is 3.32. The average molecular weight is 357 g/mol. The van der Waals surface area contributed by atoms with E-state index in [0.717, 1.165) is 37.3 Å². The number of rotatable bonds is 5. The van der Waals surface area contributed by atoms with Gasteiger partial charge in [-0.25, -0.2) is 0 Å². The van der Waals surface area contributed by atoms with Gasteiger partial charge < -0.3 is 14.6 Å². The van der Waals surface area contributed by atoms with Crippen LogP contribution in [0.4, 0.5) is 0 Å². The summed E-state index contributed by atoms with van der Waals surface area (Å²) in [6.07, 6.45) is 11.9. The maximum absolute atomic E-state index is 11.0. The molecule has 4 nitrogen and oxygen atoms in total. The second-order valence-corrected chi connectivity index (χ2v) is 7.76. The molecule has 1 saturated carbocycles. The number of nitrogens with zero attached hydrogens (tertiary/aromatic N) is 1. The van der Waals surface area contributed by atoms with Crippen LogP contribution in [0.15, 0.2) is 18.2 Å². The largest absolute Gasteiger partial charge is 0.493 e. The SMILES string of the molecule is C#CC1(O)CC(C)N(CCc2ccc(OC)c(OC)c2)C2CCCCC21. The number of hydrogen-bond donors (Lipinski definition) is 1. The van der Waals surface area contributed by atoms with E-state index < -0.39 is 5.60 Å². The smallest absolute Gasteiger partial charge is 0.160 e. The zero-order valence-electron chi connectivity index (χ0n) is 16.2. The van der Waals surface area contributed by atoms with E-state index in [-0.39, 0.29) is 12.0 Å². The van der Waals surface area contributed by atoms with Crippen molar-refractivity contribution in [2.24, 2.45) is 5.92 Å². The van der Waals surface area contributed by atoms with Crippen molar-refractivity contribution >= 4 is 0 Å². The Morgan fingerprint density at radius 3 is 2.65 bits per heavy atom. The highest BCUT2D eigenvalue weighted by Crippen LogP contribution is 2.43. The number of ether oxygens (including phenoxy) is 2. The fraction of sp³-hybridized carbons (Fsp3) is 0.636. The van der Waals surface area contributed by atoms with E-state index >= 15 is 0 Å². The number of piperidine rings is 1. The zero-order valence-corrected chi connectivity index (χ0v) is 16.2. The first-order valence-electron chi connectivity index (χ1n) is 9.69. The maximum Gasteiger partial charge on any atom is 0.160 e. The normalized spacial score (nSPS) is 31.7. The van der Waals surface area contributed by atoms with Gasteiger partial charge in [0.2, 0.25) is 0 Å². The van der Waals surface area contributed by atoms with Crippen LogP contribution >= 0.6 is 0 Å². The molecule has 0 bridgehead atoms. The molecule has 1 N–H and O–H groups in total. The molecule has 1 heterocycles. The molecular weight excluding hydrogens is 326 g/mol. The van der Waals surface area contributed by atoms with E-state index in [2.05, 4.69) is 29.9 Å². The van der Waals surface area contributed by atoms with Crippen LogP contribution in [-0.2, 0) is 6.42 Å². The monoisotopic (exact) mass is 357 g/mol. The van der Waals surface area contributed by atoms with Crippen molar-refractivity contribution in [1.82, 2.24) is 4.90 Å². The summed E-state index contributed by atoms with van der Waals surface area (Å²) >= 11 is 0. The summed E-state index contributed by atoms with van der Waals surface area (Å²) in [6.45, 7) is 3.17. The molecule has 1 aromatic rings. The van der Waals surface area contributed by atoms with Crippen LogP contribution in [0.2, 0.25) is 0 Å². The van der Waals surface area contributed by atoms with Crippen LogP contribution < -0.4 is 9.47 Å². The molecule has 4 unspecified atom stereocenters. The number of terminal acetylenes is 1. The lowest BCUT2D eigenvalue weighted by molar-refractivity contribution is -0.0999. The lowest BCUT2D eigenvalue weighted by Crippen LogP contribution is -2.61. The summed E-state index contributed by atoms with van der Waals surface area (Å²) in [5.74, 6) is 4.46. The predicted octanol–water partition coefficient (Wildman–Crippen LogP) is 3.26. The van der Waals surface area contributed by atoms with E-state index in [1.165, 1.54) is 18.4 Å². The molecule has 0 radical (unpaired) electrons. The van der Waals surface area contributed by atoms with E-state index in [1.807, 2.05) is 6.07 Å². The number of hydrogen-bond acceptors (Lipinski definition) is 4. The van der Waals surface area contributed by atoms with Gasteiger partial charge in [0.25, 0.3) is 0 Å². The molecule has 2 aliphatic rings. The van der Waals surface area contributed by atoms with E-state index in [1.54, 1.807) is 14.2 Å². The number of aliphatic hydroxyl groups is 1. The van der Waals surface area contributed by atoms with Crippen molar-refractivity contribution in [2.75, 3.05) is 20.8 Å². The Hall–Kier alpha value is -1.70. The minimum atomic E-state index is -0.940. The first kappa shape index (κ1) is 19.1. The van der Waals surface area contributed by atoms with Crippen LogP contribution in [0.25, 0.3) is 0 Å². The molecule has 142 valence electrons. The summed E-state index contributed by atoms with van der Waals surface area (Å²) < 4.78 is 10.8. The Bertz CT molecular complexity index is 668. The van der Waals surface area contributed by atoms with Crippen LogP contribution in [0.5, 0.6) is 11.5 Å². The number of methoxy groups -OCH3 is 2. The third-order valence-electron chi connectivity index (χ3n) is 6.30. The Balaban J connectivity index is 1.74. The molecule has 4 heteroatoms. The van der Waals surface area contributed by atoms with Gasteiger partial charge >= 0.3 is 0 Å². The van der Waals surface area contributed by atoms with E-state index in [4.69, 9.17) is 15.9 Å². The molecule has 0 spiro atoms. The van der Waals surface area contributed by atoms with Crippen molar-refractivity contribution in [3.8, 4) is 23.8 Å². The molecule has 1 aliphatic heterocycles. The van der Waals surface area contributed by atoms with Gasteiger partial charge in [-0.1, -0.05) is 24.8 Å². The van der Waals surface area contributed by atoms with Crippen molar-refractivity contribution in [1.29, 1.82) is 0 Å². The molecule has 0 amide bonds. The van der Waals surface area contributed by atoms with E-state index in [9.17, 15) is 5.11 Å². The minimum Gasteiger partial charge on any atom is -0.493 e. The first-order valence-corrected chi connectivity index (χ1v) is 9.69. The molecule has 0 aromatic heterocycles. The van der Waals surface area contributed by atoms with E-state index in [0.29, 0.717) is 12.5 Å². The third kappa shape index (κ3) is 3.56. The quantitative estimate of drug-likeness (QED) is 0.822. The first-order chi connectivity index (χ1) is 12.5. The Kier molecular flexibility index (Phi) is 5.79. The van der Waals surface area contributed by atoms with Crippen molar-refractivity contribution in [3.63, 3.8) is 0 Å². The Labute approximate surface area is 157 Å². The Morgan fingerprint density at radius 1 is 1.23 bits per heavy atom. The van der Waals surface area contributed by atoms with Gasteiger partial charge in [0.05, 0.1) is 14.2 Å². The second-order valence-electron chi connectivity index (χ2n) is 7.76. The summed E-state index contributed by atoms with van der Waals surface area (Å²) in [5, 5.41) is 11.0. The molecule has 2 fully saturated rings. The van der Waals surface area contributed by atoms with Gasteiger partial charge in [-0.3, -0.25) is 4.90 Å². The zero-order chi connectivity index (χ0) is 18.7. The number of benzene rings is 1. The van der Waals surface area contributed by atoms with Gasteiger partial charge in [-0.05, 0) is 43.9 Å². The maximum atomic E-state index is 11.0. The predicted molar refractivity (Wildman–Crippen MR) is 104 cm³/mol. The number of fused-ring (bicyclic) bond motifs is 1. The van der Waals surface area contributed by atoms with Crippen molar-refractivity contribution < 1.29 is 14.6 Å². The van der Waals surface area contributed by atoms with Crippen LogP contribution in [0.3, 0.4) is 0 Å².